The van der Waals surface area contributed by atoms with E-state index in [-0.39, 0.29) is 53.9 Å². The molecule has 0 amide bonds. The van der Waals surface area contributed by atoms with Crippen LogP contribution < -0.4 is 0 Å². The van der Waals surface area contributed by atoms with Crippen molar-refractivity contribution < 1.29 is 34.0 Å². The van der Waals surface area contributed by atoms with Crippen molar-refractivity contribution in [2.75, 3.05) is 0 Å². The second kappa shape index (κ2) is 14.4. The normalized spacial score (nSPS) is 35.3. The molecule has 0 aromatic carbocycles. The van der Waals surface area contributed by atoms with Crippen LogP contribution in [0.5, 0.6) is 0 Å². The SMILES string of the molecule is CC[C@H](O)[C@@H](C)[C@H]1O[C@@H]1C[C@@](C)(O)/C=C/C=C(\C)[C@H]1OC(=O)C[C@H](C)CC[C@H](C)[C@@H](OC(C)=O)/C=C/[C@@H]1C. The number of carbonyl (C=O) groups excluding carboxylic acids is 2. The maximum Gasteiger partial charge on any atom is 0.306 e. The van der Waals surface area contributed by atoms with Crippen molar-refractivity contribution in [1.29, 1.82) is 0 Å². The number of allylic oxidation sites excluding steroid dienone is 2. The molecule has 2 heterocycles. The Kier molecular flexibility index (Phi) is 12.2. The lowest BCUT2D eigenvalue weighted by atomic mass is 9.89. The highest BCUT2D eigenvalue weighted by Gasteiger charge is 2.47. The third-order valence-corrected chi connectivity index (χ3v) is 7.88. The lowest BCUT2D eigenvalue weighted by Gasteiger charge is -2.27. The van der Waals surface area contributed by atoms with Crippen molar-refractivity contribution in [2.45, 2.75) is 124 Å². The quantitative estimate of drug-likeness (QED) is 0.179. The van der Waals surface area contributed by atoms with Gasteiger partial charge < -0.3 is 24.4 Å². The van der Waals surface area contributed by atoms with Crippen LogP contribution in [-0.2, 0) is 23.8 Å². The molecule has 2 rings (SSSR count). The van der Waals surface area contributed by atoms with Gasteiger partial charge in [0.25, 0.3) is 0 Å². The number of aliphatic hydroxyl groups is 2. The smallest absolute Gasteiger partial charge is 0.306 e. The summed E-state index contributed by atoms with van der Waals surface area (Å²) in [6, 6.07) is 0. The predicted octanol–water partition coefficient (Wildman–Crippen LogP) is 5.30. The van der Waals surface area contributed by atoms with Crippen LogP contribution in [0.1, 0.15) is 87.5 Å². The van der Waals surface area contributed by atoms with Crippen LogP contribution in [0.4, 0.5) is 0 Å². The van der Waals surface area contributed by atoms with E-state index in [9.17, 15) is 19.8 Å². The van der Waals surface area contributed by atoms with Gasteiger partial charge in [0.15, 0.2) is 0 Å². The number of aliphatic hydroxyl groups excluding tert-OH is 1. The lowest BCUT2D eigenvalue weighted by molar-refractivity contribution is -0.149. The molecule has 0 aromatic heterocycles. The molecule has 216 valence electrons. The summed E-state index contributed by atoms with van der Waals surface area (Å²) in [5.74, 6) is -0.342. The molecule has 7 nitrogen and oxygen atoms in total. The summed E-state index contributed by atoms with van der Waals surface area (Å²) >= 11 is 0. The van der Waals surface area contributed by atoms with Gasteiger partial charge in [-0.05, 0) is 56.6 Å². The number of carbonyl (C=O) groups is 2. The van der Waals surface area contributed by atoms with Gasteiger partial charge in [0.05, 0.1) is 23.9 Å². The van der Waals surface area contributed by atoms with Gasteiger partial charge in [0.1, 0.15) is 12.2 Å². The predicted molar refractivity (Wildman–Crippen MR) is 148 cm³/mol. The van der Waals surface area contributed by atoms with E-state index in [4.69, 9.17) is 14.2 Å². The zero-order valence-corrected chi connectivity index (χ0v) is 24.6. The molecule has 2 N–H and O–H groups in total. The molecule has 38 heavy (non-hydrogen) atoms. The number of epoxide rings is 1. The van der Waals surface area contributed by atoms with Crippen LogP contribution in [0.2, 0.25) is 0 Å². The molecule has 10 atom stereocenters. The van der Waals surface area contributed by atoms with E-state index < -0.39 is 17.8 Å². The van der Waals surface area contributed by atoms with E-state index in [1.165, 1.54) is 6.92 Å². The van der Waals surface area contributed by atoms with Crippen LogP contribution in [0.15, 0.2) is 36.0 Å². The summed E-state index contributed by atoms with van der Waals surface area (Å²) in [6.45, 7) is 15.1. The Bertz CT molecular complexity index is 873. The Morgan fingerprint density at radius 2 is 1.92 bits per heavy atom. The van der Waals surface area contributed by atoms with Crippen LogP contribution in [0.3, 0.4) is 0 Å². The van der Waals surface area contributed by atoms with E-state index in [1.54, 1.807) is 19.1 Å². The molecule has 0 radical (unpaired) electrons. The zero-order chi connectivity index (χ0) is 28.6. The van der Waals surface area contributed by atoms with Crippen LogP contribution >= 0.6 is 0 Å². The second-order valence-electron chi connectivity index (χ2n) is 11.9. The average molecular weight is 535 g/mol. The van der Waals surface area contributed by atoms with Gasteiger partial charge in [-0.3, -0.25) is 9.59 Å². The first kappa shape index (κ1) is 32.3. The Balaban J connectivity index is 2.14. The Morgan fingerprint density at radius 1 is 1.24 bits per heavy atom. The van der Waals surface area contributed by atoms with Gasteiger partial charge in [-0.2, -0.15) is 0 Å². The molecule has 2 aliphatic heterocycles. The molecule has 0 bridgehead atoms. The van der Waals surface area contributed by atoms with Crippen molar-refractivity contribution in [3.8, 4) is 0 Å². The summed E-state index contributed by atoms with van der Waals surface area (Å²) < 4.78 is 17.2. The van der Waals surface area contributed by atoms with Gasteiger partial charge in [-0.25, -0.2) is 0 Å². The zero-order valence-electron chi connectivity index (χ0n) is 24.6. The van der Waals surface area contributed by atoms with Crippen molar-refractivity contribution >= 4 is 11.9 Å². The number of cyclic esters (lactones) is 1. The molecule has 2 aliphatic rings. The van der Waals surface area contributed by atoms with Gasteiger partial charge in [0.2, 0.25) is 0 Å². The first-order valence-electron chi connectivity index (χ1n) is 14.2. The number of hydrogen-bond donors (Lipinski definition) is 2. The summed E-state index contributed by atoms with van der Waals surface area (Å²) in [7, 11) is 0. The second-order valence-corrected chi connectivity index (χ2v) is 11.9. The van der Waals surface area contributed by atoms with Crippen LogP contribution in [0.25, 0.3) is 0 Å². The Morgan fingerprint density at radius 3 is 2.55 bits per heavy atom. The van der Waals surface area contributed by atoms with Gasteiger partial charge in [-0.15, -0.1) is 0 Å². The first-order valence-corrected chi connectivity index (χ1v) is 14.2. The third-order valence-electron chi connectivity index (χ3n) is 7.88. The molecular weight excluding hydrogens is 484 g/mol. The van der Waals surface area contributed by atoms with Crippen molar-refractivity contribution in [3.05, 3.63) is 36.0 Å². The largest absolute Gasteiger partial charge is 0.458 e. The summed E-state index contributed by atoms with van der Waals surface area (Å²) in [5.41, 5.74) is -0.227. The molecule has 1 saturated heterocycles. The lowest BCUT2D eigenvalue weighted by Crippen LogP contribution is -2.29. The molecule has 1 fully saturated rings. The minimum atomic E-state index is -1.08. The molecule has 0 spiro atoms. The highest BCUT2D eigenvalue weighted by molar-refractivity contribution is 5.70. The highest BCUT2D eigenvalue weighted by Crippen LogP contribution is 2.37. The first-order chi connectivity index (χ1) is 17.7. The maximum absolute atomic E-state index is 12.7. The third kappa shape index (κ3) is 10.3. The van der Waals surface area contributed by atoms with Crippen LogP contribution in [-0.4, -0.2) is 58.3 Å². The highest BCUT2D eigenvalue weighted by atomic mass is 16.6. The summed E-state index contributed by atoms with van der Waals surface area (Å²) in [5, 5.41) is 21.0. The standard InChI is InChI=1S/C31H50O7/c1-9-25(33)23(6)30-27(37-30)18-31(8,35)16-10-11-21(4)29-22(5)14-15-26(36-24(7)32)20(3)13-12-19(2)17-28(34)38-29/h10-11,14-16,19-20,22-23,25-27,29-30,33,35H,9,12-13,17-18H2,1-8H3/b15-14+,16-10+,21-11+/t19-,20+,22+,23-,25+,26+,27-,29-,30-,31+/m1/s1. The van der Waals surface area contributed by atoms with Gasteiger partial charge in [0, 0.05) is 31.6 Å². The fourth-order valence-corrected chi connectivity index (χ4v) is 5.18. The maximum atomic E-state index is 12.7. The fraction of sp³-hybridized carbons (Fsp3) is 0.742. The number of rotatable bonds is 9. The number of hydrogen-bond acceptors (Lipinski definition) is 7. The minimum Gasteiger partial charge on any atom is -0.458 e. The van der Waals surface area contributed by atoms with E-state index in [0.717, 1.165) is 18.4 Å². The molecule has 0 aliphatic carbocycles. The average Bonchev–Trinajstić information content (AvgIpc) is 3.59. The number of ether oxygens (including phenoxy) is 3. The van der Waals surface area contributed by atoms with Crippen molar-refractivity contribution in [1.82, 2.24) is 0 Å². The van der Waals surface area contributed by atoms with Gasteiger partial charge >= 0.3 is 11.9 Å². The molecule has 7 heteroatoms. The van der Waals surface area contributed by atoms with Crippen molar-refractivity contribution in [3.63, 3.8) is 0 Å². The van der Waals surface area contributed by atoms with E-state index in [1.807, 2.05) is 52.8 Å². The van der Waals surface area contributed by atoms with E-state index in [2.05, 4.69) is 6.92 Å². The molecule has 0 unspecified atom stereocenters. The fourth-order valence-electron chi connectivity index (χ4n) is 5.18. The number of esters is 2. The van der Waals surface area contributed by atoms with Gasteiger partial charge in [-0.1, -0.05) is 58.9 Å². The molecule has 0 aromatic rings. The Labute approximate surface area is 229 Å². The monoisotopic (exact) mass is 534 g/mol. The van der Waals surface area contributed by atoms with E-state index in [0.29, 0.717) is 19.3 Å². The van der Waals surface area contributed by atoms with E-state index >= 15 is 0 Å². The molecule has 0 saturated carbocycles. The molecular formula is C31H50O7. The summed E-state index contributed by atoms with van der Waals surface area (Å²) in [4.78, 5) is 24.4. The van der Waals surface area contributed by atoms with Crippen molar-refractivity contribution in [2.24, 2.45) is 23.7 Å². The van der Waals surface area contributed by atoms with Crippen LogP contribution in [0, 0.1) is 23.7 Å². The topological polar surface area (TPSA) is 106 Å². The minimum absolute atomic E-state index is 0.0309. The Hall–Kier alpha value is -1.96. The summed E-state index contributed by atoms with van der Waals surface area (Å²) in [6.07, 6.45) is 11.1.